The van der Waals surface area contributed by atoms with Crippen molar-refractivity contribution < 1.29 is 16.8 Å². The molecule has 1 aromatic carbocycles. The van der Waals surface area contributed by atoms with E-state index in [0.717, 1.165) is 19.3 Å². The number of benzene rings is 1. The van der Waals surface area contributed by atoms with Gasteiger partial charge in [0.2, 0.25) is 0 Å². The summed E-state index contributed by atoms with van der Waals surface area (Å²) in [4.78, 5) is 7.71. The molecular weight excluding hydrogens is 459 g/mol. The number of amidine groups is 1. The lowest BCUT2D eigenvalue weighted by Gasteiger charge is -2.12. The molecule has 0 fully saturated rings. The number of sulfonamides is 2. The molecule has 8 nitrogen and oxygen atoms in total. The second kappa shape index (κ2) is 8.86. The lowest BCUT2D eigenvalue weighted by atomic mass is 10.2. The Kier molecular flexibility index (Phi) is 6.67. The predicted molar refractivity (Wildman–Crippen MR) is 113 cm³/mol. The topological polar surface area (TPSA) is 118 Å². The summed E-state index contributed by atoms with van der Waals surface area (Å²) >= 11 is 11.5. The Morgan fingerprint density at radius 3 is 2.24 bits per heavy atom. The average Bonchev–Trinajstić information content (AvgIpc) is 2.89. The highest BCUT2D eigenvalue weighted by atomic mass is 35.5. The number of pyridine rings is 1. The molecule has 1 aliphatic rings. The second-order valence-electron chi connectivity index (χ2n) is 6.30. The van der Waals surface area contributed by atoms with Crippen molar-refractivity contribution >= 4 is 54.8 Å². The van der Waals surface area contributed by atoms with Crippen LogP contribution in [0.25, 0.3) is 0 Å². The van der Waals surface area contributed by atoms with Gasteiger partial charge in [0.05, 0.1) is 4.90 Å². The van der Waals surface area contributed by atoms with Gasteiger partial charge in [-0.3, -0.25) is 14.4 Å². The molecule has 0 spiro atoms. The van der Waals surface area contributed by atoms with Crippen molar-refractivity contribution in [3.05, 3.63) is 46.7 Å². The van der Waals surface area contributed by atoms with Gasteiger partial charge in [-0.1, -0.05) is 29.6 Å². The van der Waals surface area contributed by atoms with Crippen LogP contribution in [0.4, 0.5) is 5.69 Å². The van der Waals surface area contributed by atoms with Crippen LogP contribution in [0.1, 0.15) is 25.7 Å². The van der Waals surface area contributed by atoms with Gasteiger partial charge >= 0.3 is 0 Å². The highest BCUT2D eigenvalue weighted by Crippen LogP contribution is 2.24. The lowest BCUT2D eigenvalue weighted by Crippen LogP contribution is -2.30. The van der Waals surface area contributed by atoms with Crippen LogP contribution in [-0.2, 0) is 20.0 Å². The first-order chi connectivity index (χ1) is 13.7. The molecule has 2 N–H and O–H groups in total. The third-order valence-corrected chi connectivity index (χ3v) is 7.53. The zero-order valence-electron chi connectivity index (χ0n) is 15.1. The van der Waals surface area contributed by atoms with E-state index in [2.05, 4.69) is 19.4 Å². The number of aliphatic imine (C=N–C) groups is 1. The summed E-state index contributed by atoms with van der Waals surface area (Å²) in [7, 11) is -7.83. The maximum Gasteiger partial charge on any atom is 0.264 e. The summed E-state index contributed by atoms with van der Waals surface area (Å²) in [6.45, 7) is 0.598. The van der Waals surface area contributed by atoms with Crippen molar-refractivity contribution in [2.45, 2.75) is 35.5 Å². The minimum atomic E-state index is -4.02. The molecule has 0 unspecified atom stereocenters. The number of rotatable bonds is 5. The first-order valence-corrected chi connectivity index (χ1v) is 12.4. The van der Waals surface area contributed by atoms with E-state index in [4.69, 9.17) is 23.2 Å². The molecule has 0 saturated carbocycles. The highest BCUT2D eigenvalue weighted by molar-refractivity contribution is 7.92. The number of nitrogens with zero attached hydrogens (tertiary/aromatic N) is 2. The van der Waals surface area contributed by atoms with Crippen LogP contribution in [-0.4, -0.2) is 34.2 Å². The molecular formula is C17H18Cl2N4O4S2. The summed E-state index contributed by atoms with van der Waals surface area (Å²) in [5.74, 6) is 0.442. The van der Waals surface area contributed by atoms with E-state index in [9.17, 15) is 16.8 Å². The Bertz CT molecular complexity index is 1130. The molecule has 2 heterocycles. The molecule has 0 atom stereocenters. The van der Waals surface area contributed by atoms with Crippen LogP contribution in [0, 0.1) is 0 Å². The number of hydrogen-bond acceptors (Lipinski definition) is 6. The van der Waals surface area contributed by atoms with Gasteiger partial charge in [-0.2, -0.15) is 0 Å². The number of aromatic nitrogens is 1. The maximum atomic E-state index is 12.5. The van der Waals surface area contributed by atoms with Crippen LogP contribution in [0.5, 0.6) is 0 Å². The van der Waals surface area contributed by atoms with Crippen molar-refractivity contribution in [1.82, 2.24) is 9.71 Å². The van der Waals surface area contributed by atoms with Gasteiger partial charge in [-0.05, 0) is 49.2 Å². The fourth-order valence-electron chi connectivity index (χ4n) is 2.68. The third-order valence-electron chi connectivity index (χ3n) is 4.11. The van der Waals surface area contributed by atoms with Gasteiger partial charge in [0, 0.05) is 18.7 Å². The van der Waals surface area contributed by atoms with Gasteiger partial charge in [-0.25, -0.2) is 21.8 Å². The van der Waals surface area contributed by atoms with Crippen LogP contribution >= 0.6 is 23.2 Å². The Morgan fingerprint density at radius 1 is 0.828 bits per heavy atom. The lowest BCUT2D eigenvalue weighted by molar-refractivity contribution is 0.591. The van der Waals surface area contributed by atoms with E-state index < -0.39 is 20.0 Å². The van der Waals surface area contributed by atoms with Crippen molar-refractivity contribution in [2.75, 3.05) is 11.3 Å². The molecule has 0 aliphatic carbocycles. The van der Waals surface area contributed by atoms with Crippen molar-refractivity contribution in [3.8, 4) is 0 Å². The van der Waals surface area contributed by atoms with Crippen LogP contribution in [0.2, 0.25) is 10.3 Å². The number of halogens is 2. The van der Waals surface area contributed by atoms with Crippen molar-refractivity contribution in [3.63, 3.8) is 0 Å². The summed E-state index contributed by atoms with van der Waals surface area (Å²) in [5.41, 5.74) is 0.168. The van der Waals surface area contributed by atoms with Gasteiger partial charge < -0.3 is 0 Å². The van der Waals surface area contributed by atoms with Gasteiger partial charge in [0.25, 0.3) is 20.0 Å². The van der Waals surface area contributed by atoms with Crippen LogP contribution in [0.3, 0.4) is 0 Å². The van der Waals surface area contributed by atoms with Crippen molar-refractivity contribution in [2.24, 2.45) is 4.99 Å². The van der Waals surface area contributed by atoms with Gasteiger partial charge in [0.15, 0.2) is 5.15 Å². The standard InChI is InChI=1S/C17H18Cl2N4O4S2/c18-15-10-9-14(17(19)21-15)29(26,27)22-12-5-7-13(8-6-12)28(24,25)23-16-4-2-1-3-11-20-16/h5-10,22H,1-4,11H2,(H,20,23). The molecule has 156 valence electrons. The molecule has 1 aliphatic heterocycles. The molecule has 0 saturated heterocycles. The van der Waals surface area contributed by atoms with E-state index in [0.29, 0.717) is 18.8 Å². The molecule has 0 radical (unpaired) electrons. The zero-order chi connectivity index (χ0) is 21.1. The van der Waals surface area contributed by atoms with E-state index in [-0.39, 0.29) is 25.8 Å². The first kappa shape index (κ1) is 21.8. The second-order valence-corrected chi connectivity index (χ2v) is 10.4. The Morgan fingerprint density at radius 2 is 1.55 bits per heavy atom. The fraction of sp³-hybridized carbons (Fsp3) is 0.294. The summed E-state index contributed by atoms with van der Waals surface area (Å²) in [5, 5.41) is -0.202. The van der Waals surface area contributed by atoms with E-state index >= 15 is 0 Å². The van der Waals surface area contributed by atoms with Crippen LogP contribution < -0.4 is 9.44 Å². The molecule has 2 aromatic rings. The molecule has 0 amide bonds. The molecule has 29 heavy (non-hydrogen) atoms. The largest absolute Gasteiger partial charge is 0.280 e. The quantitative estimate of drug-likeness (QED) is 0.640. The Hall–Kier alpha value is -1.88. The Labute approximate surface area is 179 Å². The average molecular weight is 477 g/mol. The maximum absolute atomic E-state index is 12.5. The smallest absolute Gasteiger partial charge is 0.264 e. The van der Waals surface area contributed by atoms with Crippen molar-refractivity contribution in [1.29, 1.82) is 0 Å². The number of anilines is 1. The van der Waals surface area contributed by atoms with E-state index in [1.165, 1.54) is 36.4 Å². The monoisotopic (exact) mass is 476 g/mol. The van der Waals surface area contributed by atoms with E-state index in [1.54, 1.807) is 0 Å². The van der Waals surface area contributed by atoms with Gasteiger partial charge in [0.1, 0.15) is 15.9 Å². The third kappa shape index (κ3) is 5.59. The minimum Gasteiger partial charge on any atom is -0.280 e. The normalized spacial score (nSPS) is 15.3. The molecule has 0 bridgehead atoms. The Balaban J connectivity index is 1.76. The molecule has 3 rings (SSSR count). The first-order valence-electron chi connectivity index (χ1n) is 8.68. The summed E-state index contributed by atoms with van der Waals surface area (Å²) in [6, 6.07) is 7.84. The fourth-order valence-corrected chi connectivity index (χ4v) is 5.49. The van der Waals surface area contributed by atoms with Crippen LogP contribution in [0.15, 0.2) is 51.2 Å². The summed E-state index contributed by atoms with van der Waals surface area (Å²) < 4.78 is 54.9. The minimum absolute atomic E-state index is 0.00131. The van der Waals surface area contributed by atoms with E-state index in [1.807, 2.05) is 0 Å². The zero-order valence-corrected chi connectivity index (χ0v) is 18.2. The predicted octanol–water partition coefficient (Wildman–Crippen LogP) is 3.44. The summed E-state index contributed by atoms with van der Waals surface area (Å²) in [6.07, 6.45) is 3.40. The molecule has 12 heteroatoms. The SMILES string of the molecule is O=S(=O)(NC1=NCCCCC1)c1ccc(NS(=O)(=O)c2ccc(Cl)nc2Cl)cc1. The molecule has 1 aromatic heterocycles. The van der Waals surface area contributed by atoms with Gasteiger partial charge in [-0.15, -0.1) is 0 Å². The highest BCUT2D eigenvalue weighted by Gasteiger charge is 2.21. The number of nitrogens with one attached hydrogen (secondary N) is 2. The number of hydrogen-bond donors (Lipinski definition) is 2.